The van der Waals surface area contributed by atoms with Crippen LogP contribution in [-0.2, 0) is 0 Å². The van der Waals surface area contributed by atoms with Crippen LogP contribution in [0.5, 0.6) is 0 Å². The lowest BCUT2D eigenvalue weighted by Gasteiger charge is -2.22. The number of amides is 2. The fraction of sp³-hybridized carbons (Fsp3) is 0.611. The highest BCUT2D eigenvalue weighted by Gasteiger charge is 2.15. The Balaban J connectivity index is 1.74. The molecule has 1 aliphatic carbocycles. The van der Waals surface area contributed by atoms with Gasteiger partial charge in [-0.25, -0.2) is 4.79 Å². The molecule has 1 fully saturated rings. The number of anilines is 2. The van der Waals surface area contributed by atoms with E-state index in [2.05, 4.69) is 29.8 Å². The minimum atomic E-state index is -0.0904. The van der Waals surface area contributed by atoms with Crippen molar-refractivity contribution in [3.05, 3.63) is 24.3 Å². The van der Waals surface area contributed by atoms with E-state index in [9.17, 15) is 4.79 Å². The summed E-state index contributed by atoms with van der Waals surface area (Å²) in [4.78, 5) is 12.0. The van der Waals surface area contributed by atoms with Gasteiger partial charge in [-0.05, 0) is 49.4 Å². The molecule has 0 saturated heterocycles. The summed E-state index contributed by atoms with van der Waals surface area (Å²) in [5.41, 5.74) is 1.93. The predicted octanol–water partition coefficient (Wildman–Crippen LogP) is 4.60. The molecule has 0 radical (unpaired) electrons. The molecule has 0 unspecified atom stereocenters. The summed E-state index contributed by atoms with van der Waals surface area (Å²) in [5, 5.41) is 9.37. The summed E-state index contributed by atoms with van der Waals surface area (Å²) >= 11 is 0. The Morgan fingerprint density at radius 3 is 2.36 bits per heavy atom. The molecule has 3 N–H and O–H groups in total. The first-order valence-corrected chi connectivity index (χ1v) is 8.55. The zero-order valence-electron chi connectivity index (χ0n) is 13.8. The monoisotopic (exact) mass is 303 g/mol. The van der Waals surface area contributed by atoms with E-state index in [1.165, 1.54) is 19.3 Å². The summed E-state index contributed by atoms with van der Waals surface area (Å²) in [7, 11) is 0. The van der Waals surface area contributed by atoms with Crippen molar-refractivity contribution in [3.63, 3.8) is 0 Å². The summed E-state index contributed by atoms with van der Waals surface area (Å²) < 4.78 is 0. The van der Waals surface area contributed by atoms with Gasteiger partial charge in [-0.1, -0.05) is 33.1 Å². The number of carbonyl (C=O) groups excluding carboxylic acids is 1. The smallest absolute Gasteiger partial charge is 0.319 e. The number of rotatable bonds is 6. The molecule has 1 aliphatic rings. The molecule has 1 aromatic rings. The second-order valence-corrected chi connectivity index (χ2v) is 6.62. The lowest BCUT2D eigenvalue weighted by atomic mass is 9.96. The highest BCUT2D eigenvalue weighted by atomic mass is 16.2. The summed E-state index contributed by atoms with van der Waals surface area (Å²) in [6, 6.07) is 8.15. The van der Waals surface area contributed by atoms with Crippen LogP contribution in [0.25, 0.3) is 0 Å². The van der Waals surface area contributed by atoms with Gasteiger partial charge in [0, 0.05) is 24.0 Å². The fourth-order valence-electron chi connectivity index (χ4n) is 2.78. The maximum absolute atomic E-state index is 12.0. The highest BCUT2D eigenvalue weighted by Crippen LogP contribution is 2.18. The van der Waals surface area contributed by atoms with Gasteiger partial charge in [0.25, 0.3) is 0 Å². The van der Waals surface area contributed by atoms with Gasteiger partial charge in [0.05, 0.1) is 0 Å². The standard InChI is InChI=1S/C18H29N3O/c1-14(2)12-13-19-15-8-10-17(11-9-15)21-18(22)20-16-6-4-3-5-7-16/h8-11,14,16,19H,3-7,12-13H2,1-2H3,(H2,20,21,22). The third-order valence-corrected chi connectivity index (χ3v) is 4.13. The van der Waals surface area contributed by atoms with Gasteiger partial charge in [0.15, 0.2) is 0 Å². The van der Waals surface area contributed by atoms with E-state index in [0.29, 0.717) is 12.0 Å². The summed E-state index contributed by atoms with van der Waals surface area (Å²) in [5.74, 6) is 0.705. The number of hydrogen-bond acceptors (Lipinski definition) is 2. The van der Waals surface area contributed by atoms with Crippen molar-refractivity contribution in [3.8, 4) is 0 Å². The summed E-state index contributed by atoms with van der Waals surface area (Å²) in [6.07, 6.45) is 7.11. The van der Waals surface area contributed by atoms with Crippen LogP contribution in [0, 0.1) is 5.92 Å². The molecule has 4 nitrogen and oxygen atoms in total. The van der Waals surface area contributed by atoms with E-state index >= 15 is 0 Å². The number of hydrogen-bond donors (Lipinski definition) is 3. The van der Waals surface area contributed by atoms with Crippen LogP contribution in [0.2, 0.25) is 0 Å². The van der Waals surface area contributed by atoms with Crippen molar-refractivity contribution in [1.29, 1.82) is 0 Å². The molecule has 2 rings (SSSR count). The third kappa shape index (κ3) is 5.96. The molecule has 2 amide bonds. The number of carbonyl (C=O) groups is 1. The van der Waals surface area contributed by atoms with Crippen LogP contribution in [0.15, 0.2) is 24.3 Å². The normalized spacial score (nSPS) is 15.6. The van der Waals surface area contributed by atoms with Crippen LogP contribution in [0.4, 0.5) is 16.2 Å². The molecule has 1 aromatic carbocycles. The predicted molar refractivity (Wildman–Crippen MR) is 93.4 cm³/mol. The van der Waals surface area contributed by atoms with Crippen molar-refractivity contribution in [2.24, 2.45) is 5.92 Å². The van der Waals surface area contributed by atoms with Gasteiger partial charge < -0.3 is 16.0 Å². The van der Waals surface area contributed by atoms with E-state index < -0.39 is 0 Å². The quantitative estimate of drug-likeness (QED) is 0.719. The summed E-state index contributed by atoms with van der Waals surface area (Å²) in [6.45, 7) is 5.42. The zero-order valence-corrected chi connectivity index (χ0v) is 13.8. The van der Waals surface area contributed by atoms with Crippen molar-refractivity contribution in [2.45, 2.75) is 58.4 Å². The first kappa shape index (κ1) is 16.7. The first-order chi connectivity index (χ1) is 10.6. The lowest BCUT2D eigenvalue weighted by Crippen LogP contribution is -2.38. The molecule has 4 heteroatoms. The van der Waals surface area contributed by atoms with Crippen LogP contribution in [0.1, 0.15) is 52.4 Å². The van der Waals surface area contributed by atoms with E-state index in [1.807, 2.05) is 24.3 Å². The van der Waals surface area contributed by atoms with Crippen LogP contribution < -0.4 is 16.0 Å². The molecule has 0 heterocycles. The van der Waals surface area contributed by atoms with Gasteiger partial charge in [-0.2, -0.15) is 0 Å². The molecule has 0 atom stereocenters. The Morgan fingerprint density at radius 1 is 1.09 bits per heavy atom. The number of urea groups is 1. The molecule has 0 aromatic heterocycles. The van der Waals surface area contributed by atoms with Crippen LogP contribution >= 0.6 is 0 Å². The fourth-order valence-corrected chi connectivity index (χ4v) is 2.78. The molecule has 122 valence electrons. The van der Waals surface area contributed by atoms with Crippen LogP contribution in [-0.4, -0.2) is 18.6 Å². The minimum Gasteiger partial charge on any atom is -0.385 e. The third-order valence-electron chi connectivity index (χ3n) is 4.13. The Morgan fingerprint density at radius 2 is 1.73 bits per heavy atom. The molecule has 1 saturated carbocycles. The molecule has 0 aliphatic heterocycles. The van der Waals surface area contributed by atoms with Crippen molar-refractivity contribution in [1.82, 2.24) is 5.32 Å². The molecule has 22 heavy (non-hydrogen) atoms. The molecule has 0 spiro atoms. The van der Waals surface area contributed by atoms with Crippen molar-refractivity contribution in [2.75, 3.05) is 17.2 Å². The minimum absolute atomic E-state index is 0.0904. The average molecular weight is 303 g/mol. The topological polar surface area (TPSA) is 53.2 Å². The second kappa shape index (κ2) is 8.66. The Labute approximate surface area is 134 Å². The Bertz CT molecular complexity index is 450. The zero-order chi connectivity index (χ0) is 15.8. The van der Waals surface area contributed by atoms with E-state index in [-0.39, 0.29) is 6.03 Å². The van der Waals surface area contributed by atoms with Gasteiger partial charge in [0.1, 0.15) is 0 Å². The van der Waals surface area contributed by atoms with E-state index in [1.54, 1.807) is 0 Å². The maximum atomic E-state index is 12.0. The molecule has 0 bridgehead atoms. The second-order valence-electron chi connectivity index (χ2n) is 6.62. The Kier molecular flexibility index (Phi) is 6.56. The van der Waals surface area contributed by atoms with Gasteiger partial charge in [-0.3, -0.25) is 0 Å². The molecular formula is C18H29N3O. The van der Waals surface area contributed by atoms with E-state index in [4.69, 9.17) is 0 Å². The van der Waals surface area contributed by atoms with Crippen LogP contribution in [0.3, 0.4) is 0 Å². The SMILES string of the molecule is CC(C)CCNc1ccc(NC(=O)NC2CCCCC2)cc1. The number of benzene rings is 1. The molecular weight excluding hydrogens is 274 g/mol. The first-order valence-electron chi connectivity index (χ1n) is 8.55. The number of nitrogens with one attached hydrogen (secondary N) is 3. The highest BCUT2D eigenvalue weighted by molar-refractivity contribution is 5.89. The van der Waals surface area contributed by atoms with Crippen molar-refractivity contribution < 1.29 is 4.79 Å². The van der Waals surface area contributed by atoms with E-state index in [0.717, 1.165) is 37.2 Å². The van der Waals surface area contributed by atoms with Gasteiger partial charge >= 0.3 is 6.03 Å². The van der Waals surface area contributed by atoms with Gasteiger partial charge in [0.2, 0.25) is 0 Å². The van der Waals surface area contributed by atoms with Crippen molar-refractivity contribution >= 4 is 17.4 Å². The lowest BCUT2D eigenvalue weighted by molar-refractivity contribution is 0.244. The average Bonchev–Trinajstić information content (AvgIpc) is 2.49. The maximum Gasteiger partial charge on any atom is 0.319 e. The largest absolute Gasteiger partial charge is 0.385 e. The van der Waals surface area contributed by atoms with Gasteiger partial charge in [-0.15, -0.1) is 0 Å². The Hall–Kier alpha value is -1.71.